The first kappa shape index (κ1) is 16.0. The lowest BCUT2D eigenvalue weighted by molar-refractivity contribution is -0.137. The normalized spacial score (nSPS) is 10.6. The Kier molecular flexibility index (Phi) is 5.55. The number of rotatable bonds is 6. The molecule has 5 heteroatoms. The molecule has 0 saturated heterocycles. The predicted octanol–water partition coefficient (Wildman–Crippen LogP) is 2.42. The van der Waals surface area contributed by atoms with Crippen LogP contribution in [0.2, 0.25) is 0 Å². The Labute approximate surface area is 118 Å². The lowest BCUT2D eigenvalue weighted by Crippen LogP contribution is -2.38. The molecule has 0 bridgehead atoms. The van der Waals surface area contributed by atoms with Gasteiger partial charge in [0.25, 0.3) is 5.91 Å². The van der Waals surface area contributed by atoms with Gasteiger partial charge in [-0.2, -0.15) is 0 Å². The number of hydrogen-bond acceptors (Lipinski definition) is 3. The van der Waals surface area contributed by atoms with Crippen molar-refractivity contribution < 1.29 is 19.8 Å². The van der Waals surface area contributed by atoms with E-state index in [-0.39, 0.29) is 29.7 Å². The predicted molar refractivity (Wildman–Crippen MR) is 75.9 cm³/mol. The zero-order chi connectivity index (χ0) is 15.3. The summed E-state index contributed by atoms with van der Waals surface area (Å²) < 4.78 is 0. The van der Waals surface area contributed by atoms with Crippen LogP contribution in [0.15, 0.2) is 18.2 Å². The van der Waals surface area contributed by atoms with E-state index in [2.05, 4.69) is 0 Å². The molecule has 0 aliphatic rings. The first-order valence-corrected chi connectivity index (χ1v) is 6.65. The van der Waals surface area contributed by atoms with Crippen molar-refractivity contribution >= 4 is 11.9 Å². The minimum absolute atomic E-state index is 0.0242. The number of aromatic hydroxyl groups is 1. The molecule has 20 heavy (non-hydrogen) atoms. The average Bonchev–Trinajstić information content (AvgIpc) is 2.33. The third-order valence-electron chi connectivity index (χ3n) is 3.06. The Morgan fingerprint density at radius 1 is 1.30 bits per heavy atom. The molecule has 0 heterocycles. The van der Waals surface area contributed by atoms with E-state index in [1.165, 1.54) is 0 Å². The summed E-state index contributed by atoms with van der Waals surface area (Å²) in [6.07, 6.45) is 0.419. The molecule has 0 saturated carbocycles. The number of carbonyl (C=O) groups excluding carboxylic acids is 1. The van der Waals surface area contributed by atoms with Crippen molar-refractivity contribution in [3.63, 3.8) is 0 Å². The Hall–Kier alpha value is -2.04. The third-order valence-corrected chi connectivity index (χ3v) is 3.06. The number of hydrogen-bond donors (Lipinski definition) is 2. The molecule has 110 valence electrons. The second-order valence-electron chi connectivity index (χ2n) is 5.11. The standard InChI is InChI=1S/C15H21NO4/c1-10(2)16(8-4-5-14(18)19)15(20)12-7-6-11(3)9-13(12)17/h6-7,9-10,17H,4-5,8H2,1-3H3,(H,18,19). The van der Waals surface area contributed by atoms with Gasteiger partial charge in [0.15, 0.2) is 0 Å². The fourth-order valence-electron chi connectivity index (χ4n) is 1.97. The second-order valence-corrected chi connectivity index (χ2v) is 5.11. The number of carbonyl (C=O) groups is 2. The highest BCUT2D eigenvalue weighted by atomic mass is 16.4. The summed E-state index contributed by atoms with van der Waals surface area (Å²) in [5.74, 6) is -1.19. The zero-order valence-electron chi connectivity index (χ0n) is 12.1. The molecule has 5 nitrogen and oxygen atoms in total. The largest absolute Gasteiger partial charge is 0.507 e. The van der Waals surface area contributed by atoms with Crippen LogP contribution in [-0.4, -0.2) is 39.6 Å². The quantitative estimate of drug-likeness (QED) is 0.838. The van der Waals surface area contributed by atoms with Crippen LogP contribution in [0.1, 0.15) is 42.6 Å². The van der Waals surface area contributed by atoms with Gasteiger partial charge in [-0.3, -0.25) is 9.59 Å². The Morgan fingerprint density at radius 2 is 1.95 bits per heavy atom. The molecule has 1 aromatic carbocycles. The van der Waals surface area contributed by atoms with Gasteiger partial charge < -0.3 is 15.1 Å². The van der Waals surface area contributed by atoms with Crippen LogP contribution in [0.3, 0.4) is 0 Å². The highest BCUT2D eigenvalue weighted by molar-refractivity contribution is 5.97. The summed E-state index contributed by atoms with van der Waals surface area (Å²) in [7, 11) is 0. The maximum absolute atomic E-state index is 12.4. The van der Waals surface area contributed by atoms with Gasteiger partial charge in [0.1, 0.15) is 5.75 Å². The number of benzene rings is 1. The van der Waals surface area contributed by atoms with E-state index < -0.39 is 5.97 Å². The van der Waals surface area contributed by atoms with Crippen molar-refractivity contribution in [2.24, 2.45) is 0 Å². The van der Waals surface area contributed by atoms with Crippen molar-refractivity contribution in [1.29, 1.82) is 0 Å². The van der Waals surface area contributed by atoms with Crippen LogP contribution in [-0.2, 0) is 4.79 Å². The van der Waals surface area contributed by atoms with Crippen LogP contribution in [0.25, 0.3) is 0 Å². The molecule has 1 aromatic rings. The Bertz CT molecular complexity index is 497. The van der Waals surface area contributed by atoms with Crippen molar-refractivity contribution in [2.75, 3.05) is 6.54 Å². The van der Waals surface area contributed by atoms with Crippen molar-refractivity contribution in [3.05, 3.63) is 29.3 Å². The van der Waals surface area contributed by atoms with Crippen LogP contribution < -0.4 is 0 Å². The van der Waals surface area contributed by atoms with Gasteiger partial charge >= 0.3 is 5.97 Å². The number of phenols is 1. The number of aliphatic carboxylic acids is 1. The number of carboxylic acid groups (broad SMARTS) is 1. The SMILES string of the molecule is Cc1ccc(C(=O)N(CCCC(=O)O)C(C)C)c(O)c1. The van der Waals surface area contributed by atoms with E-state index in [9.17, 15) is 14.7 Å². The zero-order valence-corrected chi connectivity index (χ0v) is 12.1. The fourth-order valence-corrected chi connectivity index (χ4v) is 1.97. The summed E-state index contributed by atoms with van der Waals surface area (Å²) in [5, 5.41) is 18.5. The third kappa shape index (κ3) is 4.26. The number of carboxylic acids is 1. The van der Waals surface area contributed by atoms with Gasteiger partial charge in [-0.1, -0.05) is 6.07 Å². The van der Waals surface area contributed by atoms with Gasteiger partial charge in [0.05, 0.1) is 5.56 Å². The van der Waals surface area contributed by atoms with E-state index in [1.807, 2.05) is 20.8 Å². The highest BCUT2D eigenvalue weighted by Crippen LogP contribution is 2.21. The summed E-state index contributed by atoms with van der Waals surface area (Å²) in [6, 6.07) is 4.85. The van der Waals surface area contributed by atoms with Gasteiger partial charge in [-0.25, -0.2) is 0 Å². The summed E-state index contributed by atoms with van der Waals surface area (Å²) in [5.41, 5.74) is 1.13. The van der Waals surface area contributed by atoms with Crippen molar-refractivity contribution in [3.8, 4) is 5.75 Å². The molecule has 0 aliphatic carbocycles. The summed E-state index contributed by atoms with van der Waals surface area (Å²) in [4.78, 5) is 24.5. The maximum Gasteiger partial charge on any atom is 0.303 e. The fraction of sp³-hybridized carbons (Fsp3) is 0.467. The van der Waals surface area contributed by atoms with Gasteiger partial charge in [-0.05, 0) is 44.9 Å². The lowest BCUT2D eigenvalue weighted by Gasteiger charge is -2.27. The van der Waals surface area contributed by atoms with Crippen molar-refractivity contribution in [1.82, 2.24) is 4.90 Å². The Balaban J connectivity index is 2.85. The molecule has 0 spiro atoms. The molecule has 1 amide bonds. The number of aryl methyl sites for hydroxylation is 1. The molecule has 0 fully saturated rings. The minimum Gasteiger partial charge on any atom is -0.507 e. The first-order chi connectivity index (χ1) is 9.32. The molecule has 0 radical (unpaired) electrons. The topological polar surface area (TPSA) is 77.8 Å². The maximum atomic E-state index is 12.4. The molecule has 0 unspecified atom stereocenters. The molecular formula is C15H21NO4. The lowest BCUT2D eigenvalue weighted by atomic mass is 10.1. The van der Waals surface area contributed by atoms with E-state index in [1.54, 1.807) is 23.1 Å². The van der Waals surface area contributed by atoms with Gasteiger partial charge in [-0.15, -0.1) is 0 Å². The molecular weight excluding hydrogens is 258 g/mol. The second kappa shape index (κ2) is 6.93. The smallest absolute Gasteiger partial charge is 0.303 e. The molecule has 0 aromatic heterocycles. The Morgan fingerprint density at radius 3 is 2.45 bits per heavy atom. The first-order valence-electron chi connectivity index (χ1n) is 6.65. The monoisotopic (exact) mass is 279 g/mol. The van der Waals surface area contributed by atoms with E-state index in [0.29, 0.717) is 13.0 Å². The molecule has 2 N–H and O–H groups in total. The number of phenolic OH excluding ortho intramolecular Hbond substituents is 1. The van der Waals surface area contributed by atoms with Crippen LogP contribution >= 0.6 is 0 Å². The van der Waals surface area contributed by atoms with Crippen LogP contribution in [0.5, 0.6) is 5.75 Å². The van der Waals surface area contributed by atoms with Crippen LogP contribution in [0, 0.1) is 6.92 Å². The minimum atomic E-state index is -0.876. The van der Waals surface area contributed by atoms with E-state index >= 15 is 0 Å². The summed E-state index contributed by atoms with van der Waals surface area (Å²) in [6.45, 7) is 5.92. The molecule has 0 aliphatic heterocycles. The van der Waals surface area contributed by atoms with Gasteiger partial charge in [0, 0.05) is 19.0 Å². The average molecular weight is 279 g/mol. The van der Waals surface area contributed by atoms with Gasteiger partial charge in [0.2, 0.25) is 0 Å². The number of amides is 1. The van der Waals surface area contributed by atoms with E-state index in [0.717, 1.165) is 5.56 Å². The molecule has 1 rings (SSSR count). The van der Waals surface area contributed by atoms with Crippen LogP contribution in [0.4, 0.5) is 0 Å². The van der Waals surface area contributed by atoms with Crippen molar-refractivity contribution in [2.45, 2.75) is 39.7 Å². The summed E-state index contributed by atoms with van der Waals surface area (Å²) >= 11 is 0. The van der Waals surface area contributed by atoms with E-state index in [4.69, 9.17) is 5.11 Å². The molecule has 0 atom stereocenters. The highest BCUT2D eigenvalue weighted by Gasteiger charge is 2.21. The number of nitrogens with zero attached hydrogens (tertiary/aromatic N) is 1.